The van der Waals surface area contributed by atoms with Gasteiger partial charge in [-0.15, -0.1) is 0 Å². The van der Waals surface area contributed by atoms with Crippen LogP contribution in [0.15, 0.2) is 12.1 Å². The van der Waals surface area contributed by atoms with Gasteiger partial charge in [-0.25, -0.2) is 4.98 Å². The maximum absolute atomic E-state index is 5.66. The lowest BCUT2D eigenvalue weighted by Gasteiger charge is -2.07. The lowest BCUT2D eigenvalue weighted by atomic mass is 10.1. The Labute approximate surface area is 73.8 Å². The Morgan fingerprint density at radius 3 is 2.58 bits per heavy atom. The van der Waals surface area contributed by atoms with Crippen molar-refractivity contribution in [3.63, 3.8) is 0 Å². The van der Waals surface area contributed by atoms with Crippen molar-refractivity contribution >= 4 is 5.82 Å². The van der Waals surface area contributed by atoms with E-state index >= 15 is 0 Å². The van der Waals surface area contributed by atoms with Crippen molar-refractivity contribution in [3.05, 3.63) is 23.4 Å². The third-order valence-corrected chi connectivity index (χ3v) is 1.92. The van der Waals surface area contributed by atoms with E-state index in [1.807, 2.05) is 6.07 Å². The number of pyridine rings is 1. The molecule has 0 atom stereocenters. The molecule has 1 aromatic rings. The van der Waals surface area contributed by atoms with Gasteiger partial charge in [-0.2, -0.15) is 0 Å². The first-order chi connectivity index (χ1) is 5.63. The molecule has 1 heterocycles. The van der Waals surface area contributed by atoms with Gasteiger partial charge in [-0.3, -0.25) is 0 Å². The molecule has 0 aliphatic carbocycles. The second kappa shape index (κ2) is 3.57. The van der Waals surface area contributed by atoms with E-state index in [9.17, 15) is 0 Å². The van der Waals surface area contributed by atoms with Gasteiger partial charge >= 0.3 is 0 Å². The lowest BCUT2D eigenvalue weighted by Crippen LogP contribution is -1.99. The van der Waals surface area contributed by atoms with E-state index in [1.54, 1.807) is 0 Å². The van der Waals surface area contributed by atoms with E-state index in [1.165, 1.54) is 5.56 Å². The number of hydrogen-bond donors (Lipinski definition) is 1. The number of nitrogens with two attached hydrogens (primary N) is 1. The van der Waals surface area contributed by atoms with Gasteiger partial charge in [0, 0.05) is 5.69 Å². The summed E-state index contributed by atoms with van der Waals surface area (Å²) >= 11 is 0. The minimum atomic E-state index is 0.457. The molecule has 0 spiro atoms. The normalized spacial score (nSPS) is 10.7. The summed E-state index contributed by atoms with van der Waals surface area (Å²) in [6.07, 6.45) is 1.02. The van der Waals surface area contributed by atoms with Crippen molar-refractivity contribution in [2.75, 3.05) is 5.73 Å². The van der Waals surface area contributed by atoms with Gasteiger partial charge in [-0.05, 0) is 30.0 Å². The van der Waals surface area contributed by atoms with E-state index in [-0.39, 0.29) is 0 Å². The molecule has 0 unspecified atom stereocenters. The van der Waals surface area contributed by atoms with Crippen molar-refractivity contribution < 1.29 is 0 Å². The molecule has 1 rings (SSSR count). The number of nitrogen functional groups attached to an aromatic ring is 1. The van der Waals surface area contributed by atoms with Gasteiger partial charge in [0.25, 0.3) is 0 Å². The predicted octanol–water partition coefficient (Wildman–Crippen LogP) is 2.35. The Morgan fingerprint density at radius 1 is 1.42 bits per heavy atom. The van der Waals surface area contributed by atoms with E-state index in [0.717, 1.165) is 12.1 Å². The molecule has 12 heavy (non-hydrogen) atoms. The quantitative estimate of drug-likeness (QED) is 0.728. The van der Waals surface area contributed by atoms with Crippen LogP contribution < -0.4 is 5.73 Å². The summed E-state index contributed by atoms with van der Waals surface area (Å²) in [6, 6.07) is 4.06. The second-order valence-corrected chi connectivity index (χ2v) is 3.33. The summed E-state index contributed by atoms with van der Waals surface area (Å²) in [5.74, 6) is 1.09. The van der Waals surface area contributed by atoms with Gasteiger partial charge in [-0.1, -0.05) is 20.8 Å². The molecule has 2 nitrogen and oxygen atoms in total. The van der Waals surface area contributed by atoms with Crippen molar-refractivity contribution in [1.29, 1.82) is 0 Å². The van der Waals surface area contributed by atoms with Crippen LogP contribution in [0.2, 0.25) is 0 Å². The highest BCUT2D eigenvalue weighted by Gasteiger charge is 2.02. The molecule has 0 saturated carbocycles. The fourth-order valence-corrected chi connectivity index (χ4v) is 1.14. The number of rotatable bonds is 2. The SMILES string of the molecule is CCc1cc(N)nc(C(C)C)c1. The Kier molecular flexibility index (Phi) is 2.69. The fraction of sp³-hybridized carbons (Fsp3) is 0.500. The van der Waals surface area contributed by atoms with E-state index < -0.39 is 0 Å². The van der Waals surface area contributed by atoms with E-state index in [4.69, 9.17) is 5.73 Å². The van der Waals surface area contributed by atoms with Crippen LogP contribution in [0.3, 0.4) is 0 Å². The first-order valence-corrected chi connectivity index (χ1v) is 4.39. The number of aromatic nitrogens is 1. The third kappa shape index (κ3) is 1.97. The largest absolute Gasteiger partial charge is 0.384 e. The molecule has 1 aromatic heterocycles. The molecule has 2 heteroatoms. The summed E-state index contributed by atoms with van der Waals surface area (Å²) in [5, 5.41) is 0. The first-order valence-electron chi connectivity index (χ1n) is 4.39. The minimum Gasteiger partial charge on any atom is -0.384 e. The number of nitrogens with zero attached hydrogens (tertiary/aromatic N) is 1. The standard InChI is InChI=1S/C10H16N2/c1-4-8-5-9(7(2)3)12-10(11)6-8/h5-7H,4H2,1-3H3,(H2,11,12). The maximum atomic E-state index is 5.66. The van der Waals surface area contributed by atoms with Crippen molar-refractivity contribution in [2.24, 2.45) is 0 Å². The Hall–Kier alpha value is -1.05. The minimum absolute atomic E-state index is 0.457. The van der Waals surface area contributed by atoms with Gasteiger partial charge in [0.1, 0.15) is 5.82 Å². The summed E-state index contributed by atoms with van der Waals surface area (Å²) < 4.78 is 0. The van der Waals surface area contributed by atoms with E-state index in [2.05, 4.69) is 31.8 Å². The van der Waals surface area contributed by atoms with Crippen LogP contribution in [-0.2, 0) is 6.42 Å². The van der Waals surface area contributed by atoms with Crippen molar-refractivity contribution in [2.45, 2.75) is 33.1 Å². The summed E-state index contributed by atoms with van der Waals surface area (Å²) in [7, 11) is 0. The smallest absolute Gasteiger partial charge is 0.123 e. The zero-order valence-electron chi connectivity index (χ0n) is 7.96. The van der Waals surface area contributed by atoms with E-state index in [0.29, 0.717) is 11.7 Å². The third-order valence-electron chi connectivity index (χ3n) is 1.92. The molecule has 0 aromatic carbocycles. The summed E-state index contributed by atoms with van der Waals surface area (Å²) in [6.45, 7) is 6.38. The van der Waals surface area contributed by atoms with Gasteiger partial charge in [0.15, 0.2) is 0 Å². The molecule has 0 bridgehead atoms. The van der Waals surface area contributed by atoms with Crippen LogP contribution in [-0.4, -0.2) is 4.98 Å². The zero-order chi connectivity index (χ0) is 9.14. The Morgan fingerprint density at radius 2 is 2.08 bits per heavy atom. The molecular weight excluding hydrogens is 148 g/mol. The van der Waals surface area contributed by atoms with Gasteiger partial charge in [0.05, 0.1) is 0 Å². The lowest BCUT2D eigenvalue weighted by molar-refractivity contribution is 0.820. The number of aryl methyl sites for hydroxylation is 1. The molecule has 0 fully saturated rings. The predicted molar refractivity (Wildman–Crippen MR) is 52.1 cm³/mol. The van der Waals surface area contributed by atoms with Crippen LogP contribution in [0, 0.1) is 0 Å². The van der Waals surface area contributed by atoms with Crippen LogP contribution >= 0.6 is 0 Å². The fourth-order valence-electron chi connectivity index (χ4n) is 1.14. The van der Waals surface area contributed by atoms with Gasteiger partial charge in [0.2, 0.25) is 0 Å². The average molecular weight is 164 g/mol. The van der Waals surface area contributed by atoms with Crippen molar-refractivity contribution in [1.82, 2.24) is 4.98 Å². The zero-order valence-corrected chi connectivity index (χ0v) is 7.96. The molecule has 0 aliphatic heterocycles. The summed E-state index contributed by atoms with van der Waals surface area (Å²) in [5.41, 5.74) is 8.02. The van der Waals surface area contributed by atoms with Crippen LogP contribution in [0.1, 0.15) is 37.9 Å². The molecule has 2 N–H and O–H groups in total. The van der Waals surface area contributed by atoms with Crippen LogP contribution in [0.25, 0.3) is 0 Å². The Balaban J connectivity index is 3.06. The highest BCUT2D eigenvalue weighted by atomic mass is 14.8. The van der Waals surface area contributed by atoms with Gasteiger partial charge < -0.3 is 5.73 Å². The Bertz CT molecular complexity index is 267. The monoisotopic (exact) mass is 164 g/mol. The number of anilines is 1. The first kappa shape index (κ1) is 9.04. The molecular formula is C10H16N2. The van der Waals surface area contributed by atoms with Crippen molar-refractivity contribution in [3.8, 4) is 0 Å². The molecule has 0 saturated heterocycles. The molecule has 0 aliphatic rings. The maximum Gasteiger partial charge on any atom is 0.123 e. The molecule has 66 valence electrons. The second-order valence-electron chi connectivity index (χ2n) is 3.33. The number of hydrogen-bond acceptors (Lipinski definition) is 2. The highest BCUT2D eigenvalue weighted by Crippen LogP contribution is 2.15. The molecule has 0 radical (unpaired) electrons. The molecule has 0 amide bonds. The summed E-state index contributed by atoms with van der Waals surface area (Å²) in [4.78, 5) is 4.26. The average Bonchev–Trinajstić information content (AvgIpc) is 2.03. The topological polar surface area (TPSA) is 38.9 Å². The van der Waals surface area contributed by atoms with Crippen LogP contribution in [0.5, 0.6) is 0 Å². The van der Waals surface area contributed by atoms with Crippen LogP contribution in [0.4, 0.5) is 5.82 Å². The highest BCUT2D eigenvalue weighted by molar-refractivity contribution is 5.35.